The lowest BCUT2D eigenvalue weighted by molar-refractivity contribution is -0.113. The van der Waals surface area contributed by atoms with Gasteiger partial charge in [0.1, 0.15) is 5.75 Å². The van der Waals surface area contributed by atoms with Crippen LogP contribution in [0.15, 0.2) is 24.3 Å². The number of nitrogens with zero attached hydrogens (tertiary/aromatic N) is 2. The zero-order valence-corrected chi connectivity index (χ0v) is 11.7. The molecular formula is C15H21N3O2. The first-order valence-electron chi connectivity index (χ1n) is 6.75. The molecule has 20 heavy (non-hydrogen) atoms. The van der Waals surface area contributed by atoms with Crippen molar-refractivity contribution in [1.82, 2.24) is 9.80 Å². The number of phenols is 1. The van der Waals surface area contributed by atoms with Crippen LogP contribution in [0, 0.1) is 0 Å². The number of hydrogen-bond acceptors (Lipinski definition) is 4. The number of carbonyl (C=O) groups excluding carboxylic acids is 1. The molecule has 1 fully saturated rings. The van der Waals surface area contributed by atoms with Gasteiger partial charge in [-0.3, -0.25) is 9.69 Å². The number of piperazine rings is 1. The van der Waals surface area contributed by atoms with Crippen molar-refractivity contribution in [2.24, 2.45) is 5.73 Å². The van der Waals surface area contributed by atoms with Crippen molar-refractivity contribution < 1.29 is 9.90 Å². The Morgan fingerprint density at radius 2 is 2.05 bits per heavy atom. The summed E-state index contributed by atoms with van der Waals surface area (Å²) in [6.45, 7) is 4.80. The second kappa shape index (κ2) is 6.54. The smallest absolute Gasteiger partial charge is 0.241 e. The standard InChI is InChI=1S/C15H21N3O2/c1-17-6-8-18(9-7-17)11-13-10-12(2-4-14(13)19)3-5-15(16)20/h2-5,10,19H,6-9,11H2,1H3,(H2,16,20)/b5-3-. The topological polar surface area (TPSA) is 69.8 Å². The number of phenolic OH excluding ortho intramolecular Hbond substituents is 1. The maximum Gasteiger partial charge on any atom is 0.241 e. The van der Waals surface area contributed by atoms with E-state index in [2.05, 4.69) is 16.8 Å². The number of primary amides is 1. The summed E-state index contributed by atoms with van der Waals surface area (Å²) in [7, 11) is 2.12. The van der Waals surface area contributed by atoms with E-state index in [1.54, 1.807) is 18.2 Å². The Bertz CT molecular complexity index is 506. The third-order valence-corrected chi connectivity index (χ3v) is 3.53. The summed E-state index contributed by atoms with van der Waals surface area (Å²) in [5.41, 5.74) is 6.83. The third-order valence-electron chi connectivity index (χ3n) is 3.53. The molecule has 1 heterocycles. The number of amides is 1. The van der Waals surface area contributed by atoms with Gasteiger partial charge in [-0.1, -0.05) is 6.07 Å². The summed E-state index contributed by atoms with van der Waals surface area (Å²) >= 11 is 0. The third kappa shape index (κ3) is 4.08. The highest BCUT2D eigenvalue weighted by molar-refractivity contribution is 5.90. The fraction of sp³-hybridized carbons (Fsp3) is 0.400. The lowest BCUT2D eigenvalue weighted by Gasteiger charge is -2.32. The van der Waals surface area contributed by atoms with E-state index in [1.807, 2.05) is 6.07 Å². The van der Waals surface area contributed by atoms with Crippen molar-refractivity contribution in [3.63, 3.8) is 0 Å². The van der Waals surface area contributed by atoms with Gasteiger partial charge in [-0.05, 0) is 30.8 Å². The second-order valence-electron chi connectivity index (χ2n) is 5.20. The van der Waals surface area contributed by atoms with Crippen LogP contribution < -0.4 is 5.73 Å². The number of carbonyl (C=O) groups is 1. The molecule has 1 aliphatic rings. The van der Waals surface area contributed by atoms with E-state index in [0.717, 1.165) is 43.9 Å². The molecular weight excluding hydrogens is 254 g/mol. The number of rotatable bonds is 4. The van der Waals surface area contributed by atoms with Gasteiger partial charge in [0.15, 0.2) is 0 Å². The summed E-state index contributed by atoms with van der Waals surface area (Å²) in [6, 6.07) is 5.32. The number of hydrogen-bond donors (Lipinski definition) is 2. The monoisotopic (exact) mass is 275 g/mol. The number of likely N-dealkylation sites (N-methyl/N-ethyl adjacent to an activating group) is 1. The van der Waals surface area contributed by atoms with Crippen LogP contribution in [0.4, 0.5) is 0 Å². The molecule has 0 aromatic heterocycles. The van der Waals surface area contributed by atoms with Crippen LogP contribution in [0.2, 0.25) is 0 Å². The van der Waals surface area contributed by atoms with Gasteiger partial charge in [-0.2, -0.15) is 0 Å². The van der Waals surface area contributed by atoms with E-state index >= 15 is 0 Å². The molecule has 1 aliphatic heterocycles. The molecule has 5 nitrogen and oxygen atoms in total. The van der Waals surface area contributed by atoms with Crippen molar-refractivity contribution in [1.29, 1.82) is 0 Å². The molecule has 1 aromatic rings. The molecule has 0 aliphatic carbocycles. The Morgan fingerprint density at radius 3 is 2.70 bits per heavy atom. The minimum absolute atomic E-state index is 0.292. The summed E-state index contributed by atoms with van der Waals surface area (Å²) in [5.74, 6) is -0.182. The van der Waals surface area contributed by atoms with Gasteiger partial charge in [0.05, 0.1) is 0 Å². The highest BCUT2D eigenvalue weighted by atomic mass is 16.3. The largest absolute Gasteiger partial charge is 0.508 e. The summed E-state index contributed by atoms with van der Waals surface area (Å²) < 4.78 is 0. The van der Waals surface area contributed by atoms with Crippen molar-refractivity contribution in [3.05, 3.63) is 35.4 Å². The average Bonchev–Trinajstić information content (AvgIpc) is 2.42. The van der Waals surface area contributed by atoms with Crippen molar-refractivity contribution in [3.8, 4) is 5.75 Å². The van der Waals surface area contributed by atoms with E-state index in [4.69, 9.17) is 5.73 Å². The first-order valence-corrected chi connectivity index (χ1v) is 6.75. The van der Waals surface area contributed by atoms with Gasteiger partial charge in [-0.25, -0.2) is 0 Å². The molecule has 1 saturated heterocycles. The Hall–Kier alpha value is -1.85. The zero-order valence-electron chi connectivity index (χ0n) is 11.7. The Labute approximate surface area is 119 Å². The predicted octanol–water partition coefficient (Wildman–Crippen LogP) is 0.638. The van der Waals surface area contributed by atoms with Gasteiger partial charge in [0.25, 0.3) is 0 Å². The quantitative estimate of drug-likeness (QED) is 0.791. The Morgan fingerprint density at radius 1 is 1.35 bits per heavy atom. The molecule has 0 saturated carbocycles. The summed E-state index contributed by atoms with van der Waals surface area (Å²) in [6.07, 6.45) is 2.99. The normalized spacial score (nSPS) is 17.6. The average molecular weight is 275 g/mol. The van der Waals surface area contributed by atoms with E-state index < -0.39 is 5.91 Å². The Balaban J connectivity index is 2.06. The maximum absolute atomic E-state index is 10.7. The molecule has 0 unspecified atom stereocenters. The van der Waals surface area contributed by atoms with Crippen LogP contribution in [-0.2, 0) is 11.3 Å². The van der Waals surface area contributed by atoms with E-state index in [-0.39, 0.29) is 0 Å². The zero-order chi connectivity index (χ0) is 14.5. The molecule has 2 rings (SSSR count). The molecule has 108 valence electrons. The fourth-order valence-electron chi connectivity index (χ4n) is 2.26. The number of aromatic hydroxyl groups is 1. The van der Waals surface area contributed by atoms with Crippen molar-refractivity contribution in [2.45, 2.75) is 6.54 Å². The molecule has 0 atom stereocenters. The highest BCUT2D eigenvalue weighted by Gasteiger charge is 2.15. The van der Waals surface area contributed by atoms with E-state index in [0.29, 0.717) is 5.75 Å². The molecule has 0 spiro atoms. The Kier molecular flexibility index (Phi) is 4.76. The molecule has 0 bridgehead atoms. The molecule has 3 N–H and O–H groups in total. The van der Waals surface area contributed by atoms with Crippen LogP contribution >= 0.6 is 0 Å². The lowest BCUT2D eigenvalue weighted by Crippen LogP contribution is -2.43. The second-order valence-corrected chi connectivity index (χ2v) is 5.20. The minimum atomic E-state index is -0.473. The maximum atomic E-state index is 10.7. The van der Waals surface area contributed by atoms with Gasteiger partial charge >= 0.3 is 0 Å². The fourth-order valence-corrected chi connectivity index (χ4v) is 2.26. The van der Waals surface area contributed by atoms with Gasteiger partial charge in [0, 0.05) is 44.4 Å². The molecule has 1 aromatic carbocycles. The molecule has 5 heteroatoms. The van der Waals surface area contributed by atoms with Crippen LogP contribution in [-0.4, -0.2) is 54.0 Å². The van der Waals surface area contributed by atoms with Crippen LogP contribution in [0.1, 0.15) is 11.1 Å². The SMILES string of the molecule is CN1CCN(Cc2cc(/C=C\C(N)=O)ccc2O)CC1. The highest BCUT2D eigenvalue weighted by Crippen LogP contribution is 2.21. The first-order chi connectivity index (χ1) is 9.54. The molecule has 0 radical (unpaired) electrons. The van der Waals surface area contributed by atoms with Gasteiger partial charge < -0.3 is 15.7 Å². The van der Waals surface area contributed by atoms with Gasteiger partial charge in [0.2, 0.25) is 5.91 Å². The van der Waals surface area contributed by atoms with Gasteiger partial charge in [-0.15, -0.1) is 0 Å². The predicted molar refractivity (Wildman–Crippen MR) is 79.1 cm³/mol. The van der Waals surface area contributed by atoms with E-state index in [1.165, 1.54) is 6.08 Å². The van der Waals surface area contributed by atoms with Crippen LogP contribution in [0.25, 0.3) is 6.08 Å². The summed E-state index contributed by atoms with van der Waals surface area (Å²) in [5, 5.41) is 9.94. The number of benzene rings is 1. The summed E-state index contributed by atoms with van der Waals surface area (Å²) in [4.78, 5) is 15.4. The molecule has 1 amide bonds. The minimum Gasteiger partial charge on any atom is -0.508 e. The first kappa shape index (κ1) is 14.6. The van der Waals surface area contributed by atoms with Crippen molar-refractivity contribution >= 4 is 12.0 Å². The van der Waals surface area contributed by atoms with Crippen LogP contribution in [0.5, 0.6) is 5.75 Å². The lowest BCUT2D eigenvalue weighted by atomic mass is 10.1. The van der Waals surface area contributed by atoms with E-state index in [9.17, 15) is 9.90 Å². The number of nitrogens with two attached hydrogens (primary N) is 1. The van der Waals surface area contributed by atoms with Crippen LogP contribution in [0.3, 0.4) is 0 Å². The van der Waals surface area contributed by atoms with Crippen molar-refractivity contribution in [2.75, 3.05) is 33.2 Å².